The molecule has 108 valence electrons. The van der Waals surface area contributed by atoms with Crippen LogP contribution in [0.5, 0.6) is 0 Å². The van der Waals surface area contributed by atoms with Gasteiger partial charge in [0.25, 0.3) is 0 Å². The van der Waals surface area contributed by atoms with E-state index in [0.29, 0.717) is 11.7 Å². The van der Waals surface area contributed by atoms with Gasteiger partial charge < -0.3 is 0 Å². The molecule has 0 unspecified atom stereocenters. The van der Waals surface area contributed by atoms with E-state index < -0.39 is 0 Å². The molecule has 0 aliphatic rings. The molecule has 0 spiro atoms. The van der Waals surface area contributed by atoms with Crippen molar-refractivity contribution < 1.29 is 4.79 Å². The Labute approximate surface area is 115 Å². The van der Waals surface area contributed by atoms with Crippen molar-refractivity contribution in [2.24, 2.45) is 5.92 Å². The Hall–Kier alpha value is -0.330. The van der Waals surface area contributed by atoms with Crippen LogP contribution < -0.4 is 0 Å². The number of carbonyl (C=O) groups excluding carboxylic acids is 1. The van der Waals surface area contributed by atoms with Crippen molar-refractivity contribution in [2.75, 3.05) is 0 Å². The third-order valence-electron chi connectivity index (χ3n) is 3.45. The smallest absolute Gasteiger partial charge is 0.133 e. The van der Waals surface area contributed by atoms with Crippen LogP contribution in [0.3, 0.4) is 0 Å². The van der Waals surface area contributed by atoms with E-state index in [4.69, 9.17) is 0 Å². The van der Waals surface area contributed by atoms with E-state index in [1.165, 1.54) is 57.8 Å². The molecular formula is C17H34O. The molecule has 1 heteroatoms. The van der Waals surface area contributed by atoms with Crippen LogP contribution in [0.2, 0.25) is 0 Å². The normalized spacial score (nSPS) is 11.1. The van der Waals surface area contributed by atoms with Crippen LogP contribution in [-0.4, -0.2) is 5.78 Å². The second kappa shape index (κ2) is 13.1. The van der Waals surface area contributed by atoms with Crippen molar-refractivity contribution in [3.63, 3.8) is 0 Å². The Bertz CT molecular complexity index is 184. The predicted molar refractivity (Wildman–Crippen MR) is 80.9 cm³/mol. The fourth-order valence-corrected chi connectivity index (χ4v) is 2.37. The van der Waals surface area contributed by atoms with Crippen molar-refractivity contribution >= 4 is 5.78 Å². The molecular weight excluding hydrogens is 220 g/mol. The van der Waals surface area contributed by atoms with Crippen molar-refractivity contribution in [3.8, 4) is 0 Å². The van der Waals surface area contributed by atoms with E-state index in [2.05, 4.69) is 20.8 Å². The van der Waals surface area contributed by atoms with Crippen molar-refractivity contribution in [2.45, 2.75) is 97.8 Å². The van der Waals surface area contributed by atoms with Crippen LogP contribution in [0.25, 0.3) is 0 Å². The molecule has 0 saturated carbocycles. The largest absolute Gasteiger partial charge is 0.300 e. The summed E-state index contributed by atoms with van der Waals surface area (Å²) in [6.45, 7) is 6.51. The molecule has 0 rings (SSSR count). The van der Waals surface area contributed by atoms with Crippen molar-refractivity contribution in [1.29, 1.82) is 0 Å². The number of hydrogen-bond donors (Lipinski definition) is 0. The number of rotatable bonds is 13. The molecule has 0 atom stereocenters. The van der Waals surface area contributed by atoms with E-state index >= 15 is 0 Å². The quantitative estimate of drug-likeness (QED) is 0.373. The standard InChI is InChI=1S/C17H34O/c1-4-5-6-7-8-9-10-11-12-13-14-17(18)15-16(2)3/h16H,4-15H2,1-3H3. The summed E-state index contributed by atoms with van der Waals surface area (Å²) in [5.74, 6) is 0.991. The number of ketones is 1. The molecule has 18 heavy (non-hydrogen) atoms. The molecule has 1 nitrogen and oxygen atoms in total. The zero-order valence-electron chi connectivity index (χ0n) is 13.0. The minimum absolute atomic E-state index is 0.463. The lowest BCUT2D eigenvalue weighted by Crippen LogP contribution is -2.02. The monoisotopic (exact) mass is 254 g/mol. The van der Waals surface area contributed by atoms with Gasteiger partial charge in [0.1, 0.15) is 5.78 Å². The SMILES string of the molecule is CCCCCCCCCCCCC(=O)CC(C)C. The number of unbranched alkanes of at least 4 members (excludes halogenated alkanes) is 9. The summed E-state index contributed by atoms with van der Waals surface area (Å²) in [4.78, 5) is 11.5. The third-order valence-corrected chi connectivity index (χ3v) is 3.45. The summed E-state index contributed by atoms with van der Waals surface area (Å²) in [5.41, 5.74) is 0. The van der Waals surface area contributed by atoms with Crippen LogP contribution in [0, 0.1) is 5.92 Å². The highest BCUT2D eigenvalue weighted by Crippen LogP contribution is 2.12. The molecule has 0 aromatic rings. The molecule has 0 aliphatic carbocycles. The van der Waals surface area contributed by atoms with Gasteiger partial charge in [-0.15, -0.1) is 0 Å². The van der Waals surface area contributed by atoms with Crippen LogP contribution in [0.15, 0.2) is 0 Å². The Morgan fingerprint density at radius 2 is 1.22 bits per heavy atom. The van der Waals surface area contributed by atoms with E-state index in [-0.39, 0.29) is 0 Å². The van der Waals surface area contributed by atoms with Gasteiger partial charge in [0.15, 0.2) is 0 Å². The van der Waals surface area contributed by atoms with Gasteiger partial charge in [0.2, 0.25) is 0 Å². The highest BCUT2D eigenvalue weighted by Gasteiger charge is 2.04. The Balaban J connectivity index is 3.09. The highest BCUT2D eigenvalue weighted by molar-refractivity contribution is 5.78. The maximum Gasteiger partial charge on any atom is 0.133 e. The van der Waals surface area contributed by atoms with Gasteiger partial charge in [-0.05, 0) is 12.3 Å². The minimum atomic E-state index is 0.463. The van der Waals surface area contributed by atoms with Gasteiger partial charge in [-0.2, -0.15) is 0 Å². The highest BCUT2D eigenvalue weighted by atomic mass is 16.1. The number of Topliss-reactive ketones (excluding diaryl/α,β-unsaturated/α-hetero) is 1. The molecule has 0 fully saturated rings. The molecule has 0 saturated heterocycles. The first-order chi connectivity index (χ1) is 8.66. The van der Waals surface area contributed by atoms with Gasteiger partial charge in [-0.3, -0.25) is 4.79 Å². The van der Waals surface area contributed by atoms with Gasteiger partial charge in [0.05, 0.1) is 0 Å². The molecule has 0 radical (unpaired) electrons. The zero-order chi connectivity index (χ0) is 13.6. The first-order valence-corrected chi connectivity index (χ1v) is 8.18. The van der Waals surface area contributed by atoms with Gasteiger partial charge in [-0.1, -0.05) is 78.6 Å². The molecule has 0 aliphatic heterocycles. The Morgan fingerprint density at radius 3 is 1.67 bits per heavy atom. The van der Waals surface area contributed by atoms with Gasteiger partial charge >= 0.3 is 0 Å². The third kappa shape index (κ3) is 13.7. The molecule has 0 bridgehead atoms. The summed E-state index contributed by atoms with van der Waals surface area (Å²) < 4.78 is 0. The Kier molecular flexibility index (Phi) is 12.9. The lowest BCUT2D eigenvalue weighted by Gasteiger charge is -2.04. The predicted octanol–water partition coefficient (Wildman–Crippen LogP) is 5.91. The fraction of sp³-hybridized carbons (Fsp3) is 0.941. The van der Waals surface area contributed by atoms with E-state index in [1.807, 2.05) is 0 Å². The summed E-state index contributed by atoms with van der Waals surface area (Å²) in [7, 11) is 0. The number of carbonyl (C=O) groups is 1. The molecule has 0 N–H and O–H groups in total. The lowest BCUT2D eigenvalue weighted by molar-refractivity contribution is -0.119. The van der Waals surface area contributed by atoms with Crippen molar-refractivity contribution in [3.05, 3.63) is 0 Å². The van der Waals surface area contributed by atoms with Crippen LogP contribution >= 0.6 is 0 Å². The first-order valence-electron chi connectivity index (χ1n) is 8.18. The van der Waals surface area contributed by atoms with Crippen LogP contribution in [0.1, 0.15) is 97.8 Å². The van der Waals surface area contributed by atoms with E-state index in [1.54, 1.807) is 0 Å². The number of hydrogen-bond acceptors (Lipinski definition) is 1. The molecule has 0 aromatic heterocycles. The average molecular weight is 254 g/mol. The molecule has 0 heterocycles. The Morgan fingerprint density at radius 1 is 0.778 bits per heavy atom. The first kappa shape index (κ1) is 17.7. The van der Waals surface area contributed by atoms with Crippen LogP contribution in [0.4, 0.5) is 0 Å². The van der Waals surface area contributed by atoms with Crippen LogP contribution in [-0.2, 0) is 4.79 Å². The van der Waals surface area contributed by atoms with E-state index in [0.717, 1.165) is 19.3 Å². The second-order valence-electron chi connectivity index (χ2n) is 6.07. The summed E-state index contributed by atoms with van der Waals surface area (Å²) in [6, 6.07) is 0. The lowest BCUT2D eigenvalue weighted by atomic mass is 10.0. The topological polar surface area (TPSA) is 17.1 Å². The van der Waals surface area contributed by atoms with Gasteiger partial charge in [-0.25, -0.2) is 0 Å². The van der Waals surface area contributed by atoms with Gasteiger partial charge in [0, 0.05) is 12.8 Å². The summed E-state index contributed by atoms with van der Waals surface area (Å²) in [5, 5.41) is 0. The second-order valence-corrected chi connectivity index (χ2v) is 6.07. The molecule has 0 aromatic carbocycles. The minimum Gasteiger partial charge on any atom is -0.300 e. The average Bonchev–Trinajstić information content (AvgIpc) is 2.30. The molecule has 0 amide bonds. The summed E-state index contributed by atoms with van der Waals surface area (Å²) in [6.07, 6.45) is 15.0. The van der Waals surface area contributed by atoms with E-state index in [9.17, 15) is 4.79 Å². The maximum absolute atomic E-state index is 11.5. The fourth-order valence-electron chi connectivity index (χ4n) is 2.37. The van der Waals surface area contributed by atoms with Crippen molar-refractivity contribution in [1.82, 2.24) is 0 Å². The maximum atomic E-state index is 11.5. The zero-order valence-corrected chi connectivity index (χ0v) is 13.0. The summed E-state index contributed by atoms with van der Waals surface area (Å²) >= 11 is 0.